The number of rotatable bonds is 0. The lowest BCUT2D eigenvalue weighted by atomic mass is 10.3. The van der Waals surface area contributed by atoms with E-state index in [2.05, 4.69) is 12.6 Å². The number of thiol groups is 1. The molecule has 0 aliphatic rings. The summed E-state index contributed by atoms with van der Waals surface area (Å²) in [5.41, 5.74) is 0. The fourth-order valence-electron chi connectivity index (χ4n) is 0.485. The summed E-state index contributed by atoms with van der Waals surface area (Å²) in [5.74, 6) is -1.70. The first-order chi connectivity index (χ1) is 4.20. The summed E-state index contributed by atoms with van der Waals surface area (Å²) in [7, 11) is 0. The molecule has 8 heteroatoms. The van der Waals surface area contributed by atoms with Crippen molar-refractivity contribution in [2.45, 2.75) is 4.90 Å². The molecule has 1 aromatic rings. The van der Waals surface area contributed by atoms with Gasteiger partial charge in [0, 0.05) is 4.90 Å². The monoisotopic (exact) mass is 246 g/mol. The van der Waals surface area contributed by atoms with Gasteiger partial charge in [-0.05, 0) is 18.2 Å². The number of halogens is 7. The van der Waals surface area contributed by atoms with Crippen LogP contribution in [0.5, 0.6) is 0 Å². The third-order valence-corrected chi connectivity index (χ3v) is 1.18. The number of hydrogen-bond donors (Lipinski definition) is 1. The first kappa shape index (κ1) is 29.2. The highest BCUT2D eigenvalue weighted by Gasteiger charge is 1.97. The Labute approximate surface area is 80.6 Å². The summed E-state index contributed by atoms with van der Waals surface area (Å²) in [6.07, 6.45) is 0. The number of benzene rings is 1. The zero-order valence-electron chi connectivity index (χ0n) is 6.48. The van der Waals surface area contributed by atoms with Crippen molar-refractivity contribution in [1.82, 2.24) is 0 Å². The third-order valence-electron chi connectivity index (χ3n) is 0.903. The molecule has 0 saturated heterocycles. The zero-order valence-corrected chi connectivity index (χ0v) is 7.37. The second-order valence-electron chi connectivity index (χ2n) is 1.60. The van der Waals surface area contributed by atoms with E-state index >= 15 is 0 Å². The van der Waals surface area contributed by atoms with Crippen LogP contribution >= 0.6 is 12.6 Å². The van der Waals surface area contributed by atoms with Crippen LogP contribution in [0.2, 0.25) is 0 Å². The third kappa shape index (κ3) is 7.71. The minimum Gasteiger partial charge on any atom is -0.269 e. The van der Waals surface area contributed by atoms with Crippen LogP contribution in [0.3, 0.4) is 0 Å². The average molecular weight is 246 g/mol. The second kappa shape index (κ2) is 12.1. The van der Waals surface area contributed by atoms with Crippen LogP contribution in [0.4, 0.5) is 32.3 Å². The predicted octanol–water partition coefficient (Wildman–Crippen LogP) is 3.02. The molecule has 0 aromatic heterocycles. The van der Waals surface area contributed by atoms with Crippen molar-refractivity contribution in [3.63, 3.8) is 0 Å². The molecule has 0 amide bonds. The van der Waals surface area contributed by atoms with E-state index in [-0.39, 0.29) is 23.5 Å². The van der Waals surface area contributed by atoms with Crippen LogP contribution in [-0.2, 0) is 0 Å². The van der Waals surface area contributed by atoms with E-state index in [9.17, 15) is 8.78 Å². The molecule has 0 spiro atoms. The molecular weight excluding hydrogens is 237 g/mol. The highest BCUT2D eigenvalue weighted by molar-refractivity contribution is 7.80. The van der Waals surface area contributed by atoms with Gasteiger partial charge in [0.2, 0.25) is 0 Å². The van der Waals surface area contributed by atoms with E-state index in [1.807, 2.05) is 0 Å². The summed E-state index contributed by atoms with van der Waals surface area (Å²) in [6.45, 7) is 0. The topological polar surface area (TPSA) is 0 Å². The van der Waals surface area contributed by atoms with Gasteiger partial charge in [-0.1, -0.05) is 0 Å². The lowest BCUT2D eigenvalue weighted by Crippen LogP contribution is -1.80. The van der Waals surface area contributed by atoms with Gasteiger partial charge in [0.15, 0.2) is 11.6 Å². The van der Waals surface area contributed by atoms with E-state index in [0.717, 1.165) is 12.1 Å². The predicted molar refractivity (Wildman–Crippen MR) is 46.1 cm³/mol. The lowest BCUT2D eigenvalue weighted by Gasteiger charge is -1.91. The van der Waals surface area contributed by atoms with Crippen molar-refractivity contribution in [3.05, 3.63) is 29.8 Å². The molecule has 0 saturated carbocycles. The smallest absolute Gasteiger partial charge is 0.159 e. The second-order valence-corrected chi connectivity index (χ2v) is 2.11. The van der Waals surface area contributed by atoms with Gasteiger partial charge >= 0.3 is 0 Å². The zero-order chi connectivity index (χ0) is 6.85. The van der Waals surface area contributed by atoms with Crippen LogP contribution < -0.4 is 0 Å². The van der Waals surface area contributed by atoms with Gasteiger partial charge < -0.3 is 0 Å². The standard InChI is InChI=1S/C6H4F2S.5FH/c7-5-2-1-4(9)3-6(5)8;;;;;/h1-3,9H;5*1H. The molecule has 0 bridgehead atoms. The Hall–Kier alpha value is -0.920. The SMILES string of the molecule is F.F.F.F.F.Fc1ccc(S)cc1F. The van der Waals surface area contributed by atoms with E-state index < -0.39 is 11.6 Å². The van der Waals surface area contributed by atoms with Crippen molar-refractivity contribution in [2.24, 2.45) is 0 Å². The van der Waals surface area contributed by atoms with E-state index in [1.165, 1.54) is 6.07 Å². The van der Waals surface area contributed by atoms with Crippen molar-refractivity contribution >= 4 is 12.6 Å². The first-order valence-corrected chi connectivity index (χ1v) is 2.79. The molecule has 14 heavy (non-hydrogen) atoms. The molecule has 0 aliphatic heterocycles. The summed E-state index contributed by atoms with van der Waals surface area (Å²) < 4.78 is 24.2. The maximum atomic E-state index is 12.2. The molecule has 0 unspecified atom stereocenters. The van der Waals surface area contributed by atoms with Crippen molar-refractivity contribution in [3.8, 4) is 0 Å². The van der Waals surface area contributed by atoms with Crippen LogP contribution in [0.25, 0.3) is 0 Å². The van der Waals surface area contributed by atoms with Gasteiger partial charge in [-0.15, -0.1) is 12.6 Å². The Morgan fingerprint density at radius 3 is 1.50 bits per heavy atom. The van der Waals surface area contributed by atoms with Gasteiger partial charge in [-0.3, -0.25) is 23.5 Å². The van der Waals surface area contributed by atoms with Gasteiger partial charge in [-0.25, -0.2) is 8.78 Å². The largest absolute Gasteiger partial charge is 0.269 e. The molecule has 0 nitrogen and oxygen atoms in total. The summed E-state index contributed by atoms with van der Waals surface area (Å²) in [4.78, 5) is 0.425. The Bertz CT molecular complexity index is 229. The molecule has 0 N–H and O–H groups in total. The minimum atomic E-state index is -0.859. The van der Waals surface area contributed by atoms with E-state index in [4.69, 9.17) is 0 Å². The van der Waals surface area contributed by atoms with Crippen LogP contribution in [0.15, 0.2) is 23.1 Å². The highest BCUT2D eigenvalue weighted by atomic mass is 32.1. The first-order valence-electron chi connectivity index (χ1n) is 2.34. The van der Waals surface area contributed by atoms with Crippen molar-refractivity contribution in [1.29, 1.82) is 0 Å². The Kier molecular flexibility index (Phi) is 25.2. The molecular formula is C6H9F7S. The molecule has 0 atom stereocenters. The average Bonchev–Trinajstić information content (AvgIpc) is 1.80. The lowest BCUT2D eigenvalue weighted by molar-refractivity contribution is 0.506. The van der Waals surface area contributed by atoms with E-state index in [0.29, 0.717) is 4.90 Å². The number of hydrogen-bond acceptors (Lipinski definition) is 1. The van der Waals surface area contributed by atoms with Crippen LogP contribution in [-0.4, -0.2) is 0 Å². The Morgan fingerprint density at radius 2 is 1.21 bits per heavy atom. The molecule has 0 radical (unpaired) electrons. The summed E-state index contributed by atoms with van der Waals surface area (Å²) >= 11 is 3.79. The maximum absolute atomic E-state index is 12.2. The molecule has 1 aromatic carbocycles. The molecule has 0 heterocycles. The molecule has 0 fully saturated rings. The minimum absolute atomic E-state index is 0. The molecule has 0 aliphatic carbocycles. The summed E-state index contributed by atoms with van der Waals surface area (Å²) in [5, 5.41) is 0. The Balaban J connectivity index is -0.0000000540. The van der Waals surface area contributed by atoms with Crippen LogP contribution in [0, 0.1) is 11.6 Å². The van der Waals surface area contributed by atoms with Crippen molar-refractivity contribution in [2.75, 3.05) is 0 Å². The van der Waals surface area contributed by atoms with Gasteiger partial charge in [0.25, 0.3) is 0 Å². The quantitative estimate of drug-likeness (QED) is 0.528. The molecule has 1 rings (SSSR count). The maximum Gasteiger partial charge on any atom is 0.159 e. The van der Waals surface area contributed by atoms with Gasteiger partial charge in [0.1, 0.15) is 0 Å². The van der Waals surface area contributed by atoms with Gasteiger partial charge in [-0.2, -0.15) is 0 Å². The van der Waals surface area contributed by atoms with Crippen molar-refractivity contribution < 1.29 is 32.3 Å². The van der Waals surface area contributed by atoms with E-state index in [1.54, 1.807) is 0 Å². The fraction of sp³-hybridized carbons (Fsp3) is 0. The van der Waals surface area contributed by atoms with Crippen LogP contribution in [0.1, 0.15) is 0 Å². The normalized spacial score (nSPS) is 6.21. The Morgan fingerprint density at radius 1 is 0.786 bits per heavy atom. The molecule has 88 valence electrons. The van der Waals surface area contributed by atoms with Gasteiger partial charge in [0.05, 0.1) is 0 Å². The summed E-state index contributed by atoms with van der Waals surface area (Å²) in [6, 6.07) is 3.46. The highest BCUT2D eigenvalue weighted by Crippen LogP contribution is 2.10. The fourth-order valence-corrected chi connectivity index (χ4v) is 0.673.